The van der Waals surface area contributed by atoms with Gasteiger partial charge in [-0.1, -0.05) is 12.1 Å². The zero-order valence-electron chi connectivity index (χ0n) is 16.3. The first-order valence-corrected chi connectivity index (χ1v) is 10.6. The molecule has 152 valence electrons. The fourth-order valence-electron chi connectivity index (χ4n) is 3.34. The van der Waals surface area contributed by atoms with Gasteiger partial charge in [0.15, 0.2) is 5.43 Å². The molecule has 29 heavy (non-hydrogen) atoms. The second kappa shape index (κ2) is 8.90. The van der Waals surface area contributed by atoms with Gasteiger partial charge in [-0.05, 0) is 36.1 Å². The van der Waals surface area contributed by atoms with E-state index in [1.807, 2.05) is 23.6 Å². The number of nitrogens with zero attached hydrogens (tertiary/aromatic N) is 1. The molecule has 2 aromatic heterocycles. The summed E-state index contributed by atoms with van der Waals surface area (Å²) in [7, 11) is 0. The summed E-state index contributed by atoms with van der Waals surface area (Å²) in [6.45, 7) is 6.01. The molecule has 1 fully saturated rings. The molecule has 1 unspecified atom stereocenters. The Morgan fingerprint density at radius 2 is 2.07 bits per heavy atom. The third kappa shape index (κ3) is 4.58. The first-order chi connectivity index (χ1) is 14.1. The van der Waals surface area contributed by atoms with E-state index in [-0.39, 0.29) is 11.4 Å². The highest BCUT2D eigenvalue weighted by atomic mass is 32.1. The quantitative estimate of drug-likeness (QED) is 0.576. The SMILES string of the molecule is CC(C(=O)OCCN1CCOCC1)c1ccc2oc(-c3cccs3)cc(=O)c2c1. The molecule has 6 nitrogen and oxygen atoms in total. The summed E-state index contributed by atoms with van der Waals surface area (Å²) in [5.41, 5.74) is 1.13. The van der Waals surface area contributed by atoms with Crippen molar-refractivity contribution in [2.45, 2.75) is 12.8 Å². The molecular weight excluding hydrogens is 390 g/mol. The third-order valence-electron chi connectivity index (χ3n) is 5.12. The maximum Gasteiger partial charge on any atom is 0.313 e. The molecule has 0 aliphatic carbocycles. The second-order valence-electron chi connectivity index (χ2n) is 7.05. The maximum atomic E-state index is 12.6. The second-order valence-corrected chi connectivity index (χ2v) is 8.00. The van der Waals surface area contributed by atoms with Crippen LogP contribution in [0.25, 0.3) is 21.6 Å². The molecule has 1 saturated heterocycles. The van der Waals surface area contributed by atoms with E-state index in [0.29, 0.717) is 29.9 Å². The van der Waals surface area contributed by atoms with Crippen molar-refractivity contribution in [3.63, 3.8) is 0 Å². The van der Waals surface area contributed by atoms with Gasteiger partial charge in [0.2, 0.25) is 0 Å². The van der Waals surface area contributed by atoms with Crippen LogP contribution in [0.1, 0.15) is 18.4 Å². The number of fused-ring (bicyclic) bond motifs is 1. The molecule has 0 bridgehead atoms. The van der Waals surface area contributed by atoms with Crippen LogP contribution < -0.4 is 5.43 Å². The van der Waals surface area contributed by atoms with Crippen LogP contribution >= 0.6 is 11.3 Å². The van der Waals surface area contributed by atoms with E-state index in [1.165, 1.54) is 17.4 Å². The van der Waals surface area contributed by atoms with Crippen molar-refractivity contribution < 1.29 is 18.7 Å². The third-order valence-corrected chi connectivity index (χ3v) is 6.01. The predicted molar refractivity (Wildman–Crippen MR) is 112 cm³/mol. The molecule has 0 radical (unpaired) electrons. The summed E-state index contributed by atoms with van der Waals surface area (Å²) in [5.74, 6) is -0.196. The lowest BCUT2D eigenvalue weighted by Gasteiger charge is -2.26. The highest BCUT2D eigenvalue weighted by Gasteiger charge is 2.19. The molecule has 3 aromatic rings. The number of thiophene rings is 1. The van der Waals surface area contributed by atoms with E-state index >= 15 is 0 Å². The summed E-state index contributed by atoms with van der Waals surface area (Å²) >= 11 is 1.52. The highest BCUT2D eigenvalue weighted by molar-refractivity contribution is 7.13. The fourth-order valence-corrected chi connectivity index (χ4v) is 4.02. The van der Waals surface area contributed by atoms with Crippen LogP contribution in [-0.4, -0.2) is 50.3 Å². The van der Waals surface area contributed by atoms with Crippen molar-refractivity contribution in [2.24, 2.45) is 0 Å². The Morgan fingerprint density at radius 3 is 2.83 bits per heavy atom. The summed E-state index contributed by atoms with van der Waals surface area (Å²) in [5, 5.41) is 2.41. The standard InChI is InChI=1S/C22H23NO5S/c1-15(22(25)27-11-8-23-6-9-26-10-7-23)16-4-5-19-17(13-16)18(24)14-20(28-19)21-3-2-12-29-21/h2-5,12-15H,6-11H2,1H3. The van der Waals surface area contributed by atoms with Crippen LogP contribution in [0.5, 0.6) is 0 Å². The van der Waals surface area contributed by atoms with Gasteiger partial charge in [-0.15, -0.1) is 11.3 Å². The summed E-state index contributed by atoms with van der Waals surface area (Å²) in [4.78, 5) is 28.2. The minimum atomic E-state index is -0.458. The van der Waals surface area contributed by atoms with Gasteiger partial charge in [0.25, 0.3) is 0 Å². The van der Waals surface area contributed by atoms with Gasteiger partial charge in [0.1, 0.15) is 18.0 Å². The Morgan fingerprint density at radius 1 is 1.24 bits per heavy atom. The number of ether oxygens (including phenoxy) is 2. The largest absolute Gasteiger partial charge is 0.464 e. The van der Waals surface area contributed by atoms with E-state index in [2.05, 4.69) is 4.90 Å². The Bertz CT molecular complexity index is 1040. The van der Waals surface area contributed by atoms with Crippen LogP contribution in [0.3, 0.4) is 0 Å². The topological polar surface area (TPSA) is 69.0 Å². The molecule has 3 heterocycles. The monoisotopic (exact) mass is 413 g/mol. The van der Waals surface area contributed by atoms with Gasteiger partial charge in [0.05, 0.1) is 29.4 Å². The lowest BCUT2D eigenvalue weighted by atomic mass is 9.99. The van der Waals surface area contributed by atoms with Crippen molar-refractivity contribution >= 4 is 28.3 Å². The van der Waals surface area contributed by atoms with E-state index in [4.69, 9.17) is 13.9 Å². The highest BCUT2D eigenvalue weighted by Crippen LogP contribution is 2.27. The molecule has 4 rings (SSSR count). The first-order valence-electron chi connectivity index (χ1n) is 9.70. The van der Waals surface area contributed by atoms with Crippen LogP contribution in [0.15, 0.2) is 51.0 Å². The predicted octanol–water partition coefficient (Wildman–Crippen LogP) is 3.50. The molecule has 1 aliphatic heterocycles. The maximum absolute atomic E-state index is 12.6. The van der Waals surface area contributed by atoms with Crippen molar-refractivity contribution in [2.75, 3.05) is 39.5 Å². The van der Waals surface area contributed by atoms with E-state index in [0.717, 1.165) is 36.7 Å². The molecule has 0 amide bonds. The van der Waals surface area contributed by atoms with Gasteiger partial charge < -0.3 is 13.9 Å². The lowest BCUT2D eigenvalue weighted by Crippen LogP contribution is -2.38. The number of esters is 1. The Hall–Kier alpha value is -2.48. The Balaban J connectivity index is 1.45. The van der Waals surface area contributed by atoms with Crippen LogP contribution in [0.4, 0.5) is 0 Å². The smallest absolute Gasteiger partial charge is 0.313 e. The summed E-state index contributed by atoms with van der Waals surface area (Å²) < 4.78 is 16.7. The molecule has 0 N–H and O–H groups in total. The first kappa shape index (κ1) is 19.8. The van der Waals surface area contributed by atoms with Crippen molar-refractivity contribution in [1.29, 1.82) is 0 Å². The summed E-state index contributed by atoms with van der Waals surface area (Å²) in [6, 6.07) is 10.6. The van der Waals surface area contributed by atoms with Gasteiger partial charge in [-0.3, -0.25) is 14.5 Å². The zero-order chi connectivity index (χ0) is 20.2. The average Bonchev–Trinajstić information content (AvgIpc) is 3.28. The van der Waals surface area contributed by atoms with Crippen LogP contribution in [0, 0.1) is 0 Å². The average molecular weight is 413 g/mol. The van der Waals surface area contributed by atoms with Crippen LogP contribution in [-0.2, 0) is 14.3 Å². The summed E-state index contributed by atoms with van der Waals surface area (Å²) in [6.07, 6.45) is 0. The Kier molecular flexibility index (Phi) is 6.08. The van der Waals surface area contributed by atoms with E-state index < -0.39 is 5.92 Å². The zero-order valence-corrected chi connectivity index (χ0v) is 17.1. The number of carbonyl (C=O) groups excluding carboxylic acids is 1. The number of benzene rings is 1. The van der Waals surface area contributed by atoms with Gasteiger partial charge in [-0.2, -0.15) is 0 Å². The molecule has 0 spiro atoms. The number of rotatable bonds is 6. The van der Waals surface area contributed by atoms with Crippen LogP contribution in [0.2, 0.25) is 0 Å². The molecular formula is C22H23NO5S. The minimum absolute atomic E-state index is 0.121. The number of hydrogen-bond acceptors (Lipinski definition) is 7. The Labute approximate surface area is 172 Å². The van der Waals surface area contributed by atoms with Crippen molar-refractivity contribution in [1.82, 2.24) is 4.90 Å². The molecule has 7 heteroatoms. The molecule has 1 atom stereocenters. The molecule has 1 aromatic carbocycles. The minimum Gasteiger partial charge on any atom is -0.464 e. The van der Waals surface area contributed by atoms with E-state index in [9.17, 15) is 9.59 Å². The van der Waals surface area contributed by atoms with Crippen molar-refractivity contribution in [3.8, 4) is 10.6 Å². The lowest BCUT2D eigenvalue weighted by molar-refractivity contribution is -0.145. The van der Waals surface area contributed by atoms with Gasteiger partial charge >= 0.3 is 5.97 Å². The molecule has 0 saturated carbocycles. The molecule has 1 aliphatic rings. The fraction of sp³-hybridized carbons (Fsp3) is 0.364. The number of carbonyl (C=O) groups is 1. The normalized spacial score (nSPS) is 16.0. The van der Waals surface area contributed by atoms with Gasteiger partial charge in [0, 0.05) is 25.7 Å². The number of hydrogen-bond donors (Lipinski definition) is 0. The number of morpholine rings is 1. The van der Waals surface area contributed by atoms with Gasteiger partial charge in [-0.25, -0.2) is 0 Å². The van der Waals surface area contributed by atoms with Crippen molar-refractivity contribution in [3.05, 3.63) is 57.6 Å². The van der Waals surface area contributed by atoms with E-state index in [1.54, 1.807) is 19.1 Å².